The molecule has 0 spiro atoms. The fourth-order valence-electron chi connectivity index (χ4n) is 3.00. The van der Waals surface area contributed by atoms with Gasteiger partial charge in [0.05, 0.1) is 18.6 Å². The molecule has 1 heterocycles. The Hall–Kier alpha value is -1.75. The molecule has 0 aliphatic carbocycles. The fourth-order valence-corrected chi connectivity index (χ4v) is 3.26. The molecule has 5 nitrogen and oxygen atoms in total. The predicted molar refractivity (Wildman–Crippen MR) is 99.1 cm³/mol. The Morgan fingerprint density at radius 1 is 1.12 bits per heavy atom. The average molecular weight is 367 g/mol. The summed E-state index contributed by atoms with van der Waals surface area (Å²) in [6.45, 7) is 8.43. The molecule has 1 fully saturated rings. The number of ether oxygens (including phenoxy) is 1. The molecule has 1 saturated heterocycles. The summed E-state index contributed by atoms with van der Waals surface area (Å²) in [5.74, 6) is 1.22. The third-order valence-electron chi connectivity index (χ3n) is 4.52. The van der Waals surface area contributed by atoms with E-state index in [1.807, 2.05) is 36.6 Å². The molecule has 0 radical (unpaired) electrons. The number of amides is 2. The van der Waals surface area contributed by atoms with Crippen molar-refractivity contribution < 1.29 is 14.3 Å². The maximum Gasteiger partial charge on any atom is 0.227 e. The van der Waals surface area contributed by atoms with Crippen molar-refractivity contribution in [2.45, 2.75) is 33.6 Å². The Labute approximate surface area is 154 Å². The largest absolute Gasteiger partial charge is 0.495 e. The van der Waals surface area contributed by atoms with Crippen LogP contribution in [0.5, 0.6) is 5.75 Å². The number of hydrogen-bond acceptors (Lipinski definition) is 3. The predicted octanol–water partition coefficient (Wildman–Crippen LogP) is 2.92. The van der Waals surface area contributed by atoms with E-state index in [1.54, 1.807) is 13.2 Å². The number of piperazine rings is 1. The molecule has 25 heavy (non-hydrogen) atoms. The van der Waals surface area contributed by atoms with Crippen molar-refractivity contribution in [2.24, 2.45) is 5.92 Å². The Bertz CT molecular complexity index is 638. The minimum Gasteiger partial charge on any atom is -0.495 e. The van der Waals surface area contributed by atoms with Gasteiger partial charge in [0.25, 0.3) is 0 Å². The van der Waals surface area contributed by atoms with Crippen molar-refractivity contribution >= 4 is 23.4 Å². The Morgan fingerprint density at radius 3 is 2.20 bits per heavy atom. The van der Waals surface area contributed by atoms with Crippen LogP contribution in [0.3, 0.4) is 0 Å². The summed E-state index contributed by atoms with van der Waals surface area (Å²) < 4.78 is 5.20. The first kappa shape index (κ1) is 19.6. The second-order valence-electron chi connectivity index (χ2n) is 6.95. The molecule has 2 amide bonds. The van der Waals surface area contributed by atoms with Crippen LogP contribution >= 0.6 is 11.6 Å². The highest BCUT2D eigenvalue weighted by Crippen LogP contribution is 2.28. The summed E-state index contributed by atoms with van der Waals surface area (Å²) in [4.78, 5) is 28.4. The molecule has 0 unspecified atom stereocenters. The van der Waals surface area contributed by atoms with Crippen LogP contribution in [-0.4, -0.2) is 54.9 Å². The molecule has 0 atom stereocenters. The monoisotopic (exact) mass is 366 g/mol. The van der Waals surface area contributed by atoms with Crippen LogP contribution in [0.15, 0.2) is 12.1 Å². The van der Waals surface area contributed by atoms with E-state index in [4.69, 9.17) is 16.3 Å². The first-order valence-electron chi connectivity index (χ1n) is 8.70. The SMILES string of the molecule is COc1cc(C)c(CC(=O)N2CCN(C(=O)CC(C)C)CC2)cc1Cl. The van der Waals surface area contributed by atoms with E-state index in [-0.39, 0.29) is 11.8 Å². The third-order valence-corrected chi connectivity index (χ3v) is 4.82. The molecule has 138 valence electrons. The van der Waals surface area contributed by atoms with Gasteiger partial charge in [0, 0.05) is 32.6 Å². The molecule has 0 bridgehead atoms. The van der Waals surface area contributed by atoms with Crippen LogP contribution in [0.4, 0.5) is 0 Å². The van der Waals surface area contributed by atoms with E-state index in [0.717, 1.165) is 11.1 Å². The Kier molecular flexibility index (Phi) is 6.71. The van der Waals surface area contributed by atoms with Crippen LogP contribution in [-0.2, 0) is 16.0 Å². The van der Waals surface area contributed by atoms with E-state index in [2.05, 4.69) is 0 Å². The number of nitrogens with zero attached hydrogens (tertiary/aromatic N) is 2. The molecule has 0 N–H and O–H groups in total. The number of halogens is 1. The normalized spacial score (nSPS) is 14.8. The van der Waals surface area contributed by atoms with Gasteiger partial charge in [-0.05, 0) is 36.1 Å². The summed E-state index contributed by atoms with van der Waals surface area (Å²) in [5, 5.41) is 0.514. The maximum absolute atomic E-state index is 12.6. The van der Waals surface area contributed by atoms with E-state index in [9.17, 15) is 9.59 Å². The summed E-state index contributed by atoms with van der Waals surface area (Å²) in [6.07, 6.45) is 0.882. The number of hydrogen-bond donors (Lipinski definition) is 0. The molecule has 1 aromatic rings. The van der Waals surface area contributed by atoms with Crippen LogP contribution in [0, 0.1) is 12.8 Å². The van der Waals surface area contributed by atoms with Gasteiger partial charge in [0.2, 0.25) is 11.8 Å². The maximum atomic E-state index is 12.6. The van der Waals surface area contributed by atoms with Gasteiger partial charge < -0.3 is 14.5 Å². The average Bonchev–Trinajstić information content (AvgIpc) is 2.57. The van der Waals surface area contributed by atoms with Gasteiger partial charge in [0.1, 0.15) is 5.75 Å². The topological polar surface area (TPSA) is 49.9 Å². The van der Waals surface area contributed by atoms with Crippen molar-refractivity contribution in [3.63, 3.8) is 0 Å². The number of rotatable bonds is 5. The quantitative estimate of drug-likeness (QED) is 0.805. The van der Waals surface area contributed by atoms with Crippen molar-refractivity contribution in [1.29, 1.82) is 0 Å². The molecule has 1 aliphatic rings. The summed E-state index contributed by atoms with van der Waals surface area (Å²) >= 11 is 6.17. The number of benzene rings is 1. The zero-order valence-electron chi connectivity index (χ0n) is 15.5. The molecule has 6 heteroatoms. The summed E-state index contributed by atoms with van der Waals surface area (Å²) in [6, 6.07) is 3.66. The molecule has 0 aromatic heterocycles. The van der Waals surface area contributed by atoms with Gasteiger partial charge in [-0.1, -0.05) is 25.4 Å². The van der Waals surface area contributed by atoms with Gasteiger partial charge in [-0.2, -0.15) is 0 Å². The van der Waals surface area contributed by atoms with Gasteiger partial charge in [-0.3, -0.25) is 9.59 Å². The van der Waals surface area contributed by atoms with Crippen molar-refractivity contribution in [3.05, 3.63) is 28.3 Å². The highest BCUT2D eigenvalue weighted by Gasteiger charge is 2.24. The lowest BCUT2D eigenvalue weighted by atomic mass is 10.0. The van der Waals surface area contributed by atoms with Crippen molar-refractivity contribution in [1.82, 2.24) is 9.80 Å². The zero-order chi connectivity index (χ0) is 18.6. The van der Waals surface area contributed by atoms with Crippen molar-refractivity contribution in [3.8, 4) is 5.75 Å². The van der Waals surface area contributed by atoms with Crippen LogP contribution in [0.25, 0.3) is 0 Å². The van der Waals surface area contributed by atoms with Crippen LogP contribution in [0.1, 0.15) is 31.4 Å². The number of methoxy groups -OCH3 is 1. The van der Waals surface area contributed by atoms with E-state index >= 15 is 0 Å². The lowest BCUT2D eigenvalue weighted by Gasteiger charge is -2.35. The highest BCUT2D eigenvalue weighted by molar-refractivity contribution is 6.32. The lowest BCUT2D eigenvalue weighted by molar-refractivity contribution is -0.139. The van der Waals surface area contributed by atoms with Gasteiger partial charge in [0.15, 0.2) is 0 Å². The Morgan fingerprint density at radius 2 is 1.68 bits per heavy atom. The second kappa shape index (κ2) is 8.56. The van der Waals surface area contributed by atoms with Crippen LogP contribution < -0.4 is 4.74 Å². The standard InChI is InChI=1S/C19H27ClN2O3/c1-13(2)9-18(23)21-5-7-22(8-6-21)19(24)12-15-11-16(20)17(25-4)10-14(15)3/h10-11,13H,5-9,12H2,1-4H3. The van der Waals surface area contributed by atoms with Gasteiger partial charge in [-0.15, -0.1) is 0 Å². The highest BCUT2D eigenvalue weighted by atomic mass is 35.5. The minimum atomic E-state index is 0.0697. The van der Waals surface area contributed by atoms with Crippen LogP contribution in [0.2, 0.25) is 5.02 Å². The third kappa shape index (κ3) is 5.11. The number of carbonyl (C=O) groups is 2. The second-order valence-corrected chi connectivity index (χ2v) is 7.36. The first-order valence-corrected chi connectivity index (χ1v) is 9.08. The molecular formula is C19H27ClN2O3. The van der Waals surface area contributed by atoms with Gasteiger partial charge in [-0.25, -0.2) is 0 Å². The minimum absolute atomic E-state index is 0.0697. The van der Waals surface area contributed by atoms with E-state index < -0.39 is 0 Å². The summed E-state index contributed by atoms with van der Waals surface area (Å²) in [7, 11) is 1.57. The molecular weight excluding hydrogens is 340 g/mol. The lowest BCUT2D eigenvalue weighted by Crippen LogP contribution is -2.51. The van der Waals surface area contributed by atoms with E-state index in [1.165, 1.54) is 0 Å². The molecule has 1 aliphatic heterocycles. The smallest absolute Gasteiger partial charge is 0.227 e. The fraction of sp³-hybridized carbons (Fsp3) is 0.579. The molecule has 0 saturated carbocycles. The zero-order valence-corrected chi connectivity index (χ0v) is 16.2. The number of carbonyl (C=O) groups excluding carboxylic acids is 2. The van der Waals surface area contributed by atoms with E-state index in [0.29, 0.717) is 55.7 Å². The van der Waals surface area contributed by atoms with Crippen molar-refractivity contribution in [2.75, 3.05) is 33.3 Å². The first-order chi connectivity index (χ1) is 11.8. The van der Waals surface area contributed by atoms with Gasteiger partial charge >= 0.3 is 0 Å². The molecule has 2 rings (SSSR count). The summed E-state index contributed by atoms with van der Waals surface area (Å²) in [5.41, 5.74) is 1.90. The molecule has 1 aromatic carbocycles. The number of aryl methyl sites for hydroxylation is 1. The Balaban J connectivity index is 1.93.